The molecule has 3 aliphatic carbocycles. The second-order valence-corrected chi connectivity index (χ2v) is 9.32. The van der Waals surface area contributed by atoms with E-state index in [1.165, 1.54) is 0 Å². The molecule has 0 aromatic carbocycles. The van der Waals surface area contributed by atoms with Crippen LogP contribution in [0, 0.1) is 28.6 Å². The van der Waals surface area contributed by atoms with Crippen molar-refractivity contribution in [2.75, 3.05) is 0 Å². The van der Waals surface area contributed by atoms with Crippen LogP contribution in [0.15, 0.2) is 11.6 Å². The second kappa shape index (κ2) is 4.46. The predicted molar refractivity (Wildman–Crippen MR) is 88.3 cm³/mol. The van der Waals surface area contributed by atoms with Crippen LogP contribution in [-0.2, 0) is 19.1 Å². The van der Waals surface area contributed by atoms with Crippen LogP contribution < -0.4 is 0 Å². The molecule has 0 aromatic rings. The van der Waals surface area contributed by atoms with E-state index < -0.39 is 11.0 Å². The first kappa shape index (κ1) is 16.2. The summed E-state index contributed by atoms with van der Waals surface area (Å²) in [6.45, 7) is 9.74. The number of allylic oxidation sites excluding steroid dienone is 1. The van der Waals surface area contributed by atoms with Crippen molar-refractivity contribution in [3.05, 3.63) is 11.6 Å². The topological polar surface area (TPSA) is 63.7 Å². The number of epoxide rings is 1. The molecule has 4 aliphatic rings. The Bertz CT molecular complexity index is 702. The maximum atomic E-state index is 13.6. The molecule has 0 aromatic heterocycles. The third-order valence-electron chi connectivity index (χ3n) is 7.32. The zero-order valence-electron chi connectivity index (χ0n) is 15.1. The third-order valence-corrected chi connectivity index (χ3v) is 7.32. The van der Waals surface area contributed by atoms with Gasteiger partial charge in [-0.25, -0.2) is 0 Å². The molecule has 1 aliphatic heterocycles. The van der Waals surface area contributed by atoms with Gasteiger partial charge < -0.3 is 4.74 Å². The van der Waals surface area contributed by atoms with E-state index in [0.29, 0.717) is 12.0 Å². The van der Waals surface area contributed by atoms with Crippen LogP contribution in [0.4, 0.5) is 0 Å². The molecule has 0 N–H and O–H groups in total. The molecule has 0 unspecified atom stereocenters. The van der Waals surface area contributed by atoms with Crippen molar-refractivity contribution >= 4 is 17.3 Å². The lowest BCUT2D eigenvalue weighted by molar-refractivity contribution is -0.144. The highest BCUT2D eigenvalue weighted by atomic mass is 16.6. The van der Waals surface area contributed by atoms with Gasteiger partial charge in [0.15, 0.2) is 11.6 Å². The van der Waals surface area contributed by atoms with Gasteiger partial charge in [0.05, 0.1) is 17.4 Å². The molecule has 1 heterocycles. The summed E-state index contributed by atoms with van der Waals surface area (Å²) < 4.78 is 5.96. The Balaban J connectivity index is 1.89. The maximum Gasteiger partial charge on any atom is 0.158 e. The van der Waals surface area contributed by atoms with Crippen LogP contribution in [0.2, 0.25) is 0 Å². The first-order valence-corrected chi connectivity index (χ1v) is 9.02. The first-order valence-electron chi connectivity index (χ1n) is 9.02. The Kier molecular flexibility index (Phi) is 3.01. The smallest absolute Gasteiger partial charge is 0.158 e. The summed E-state index contributed by atoms with van der Waals surface area (Å²) in [6, 6.07) is 0. The zero-order chi connectivity index (χ0) is 17.7. The highest BCUT2D eigenvalue weighted by Crippen LogP contribution is 2.63. The number of ketones is 3. The first-order chi connectivity index (χ1) is 11.0. The molecule has 0 bridgehead atoms. The van der Waals surface area contributed by atoms with E-state index in [9.17, 15) is 14.4 Å². The molecule has 2 saturated carbocycles. The van der Waals surface area contributed by atoms with Gasteiger partial charge in [-0.1, -0.05) is 20.8 Å². The van der Waals surface area contributed by atoms with Crippen molar-refractivity contribution < 1.29 is 19.1 Å². The molecular weight excluding hydrogens is 304 g/mol. The van der Waals surface area contributed by atoms with Gasteiger partial charge in [-0.3, -0.25) is 14.4 Å². The average Bonchev–Trinajstić information content (AvgIpc) is 3.10. The fraction of sp³-hybridized carbons (Fsp3) is 0.750. The Hall–Kier alpha value is -1.29. The molecule has 4 nitrogen and oxygen atoms in total. The van der Waals surface area contributed by atoms with Crippen LogP contribution in [0.3, 0.4) is 0 Å². The number of Topliss-reactive ketones (excluding diaryl/α,β-unsaturated/α-hetero) is 3. The van der Waals surface area contributed by atoms with Crippen LogP contribution in [0.1, 0.15) is 53.9 Å². The molecule has 0 amide bonds. The minimum Gasteiger partial charge on any atom is -0.361 e. The Morgan fingerprint density at radius 1 is 1.17 bits per heavy atom. The van der Waals surface area contributed by atoms with Crippen molar-refractivity contribution in [2.24, 2.45) is 28.6 Å². The van der Waals surface area contributed by atoms with Crippen LogP contribution in [0.5, 0.6) is 0 Å². The normalized spacial score (nSPS) is 51.7. The molecular formula is C20H26O4. The Labute approximate surface area is 143 Å². The van der Waals surface area contributed by atoms with Crippen molar-refractivity contribution in [2.45, 2.75) is 65.6 Å². The maximum absolute atomic E-state index is 13.6. The molecule has 4 rings (SSSR count). The van der Waals surface area contributed by atoms with E-state index in [1.54, 1.807) is 6.92 Å². The quantitative estimate of drug-likeness (QED) is 0.506. The molecule has 0 radical (unpaired) electrons. The fourth-order valence-electron chi connectivity index (χ4n) is 5.85. The van der Waals surface area contributed by atoms with Gasteiger partial charge in [0.2, 0.25) is 0 Å². The molecule has 24 heavy (non-hydrogen) atoms. The number of hydrogen-bond acceptors (Lipinski definition) is 4. The van der Waals surface area contributed by atoms with Gasteiger partial charge in [-0.05, 0) is 49.2 Å². The monoisotopic (exact) mass is 330 g/mol. The van der Waals surface area contributed by atoms with E-state index in [4.69, 9.17) is 4.74 Å². The molecule has 4 heteroatoms. The summed E-state index contributed by atoms with van der Waals surface area (Å²) in [5.41, 5.74) is -1.34. The number of hydrogen-bond donors (Lipinski definition) is 0. The largest absolute Gasteiger partial charge is 0.361 e. The highest BCUT2D eigenvalue weighted by Gasteiger charge is 2.73. The third kappa shape index (κ3) is 1.75. The summed E-state index contributed by atoms with van der Waals surface area (Å²) in [4.78, 5) is 39.3. The van der Waals surface area contributed by atoms with E-state index in [2.05, 4.69) is 6.92 Å². The molecule has 1 spiro atoms. The van der Waals surface area contributed by atoms with Gasteiger partial charge in [-0.15, -0.1) is 0 Å². The van der Waals surface area contributed by atoms with Crippen molar-refractivity contribution in [3.63, 3.8) is 0 Å². The number of carbonyl (C=O) groups is 3. The minimum absolute atomic E-state index is 0.00163. The van der Waals surface area contributed by atoms with Gasteiger partial charge in [0.1, 0.15) is 11.4 Å². The molecule has 6 atom stereocenters. The van der Waals surface area contributed by atoms with Crippen molar-refractivity contribution in [3.8, 4) is 0 Å². The Morgan fingerprint density at radius 2 is 1.83 bits per heavy atom. The van der Waals surface area contributed by atoms with Crippen LogP contribution in [0.25, 0.3) is 0 Å². The number of rotatable bonds is 0. The van der Waals surface area contributed by atoms with Crippen LogP contribution in [-0.4, -0.2) is 29.1 Å². The summed E-state index contributed by atoms with van der Waals surface area (Å²) in [6.07, 6.45) is 3.30. The number of ether oxygens (including phenoxy) is 1. The van der Waals surface area contributed by atoms with Gasteiger partial charge in [-0.2, -0.15) is 0 Å². The summed E-state index contributed by atoms with van der Waals surface area (Å²) in [7, 11) is 0. The fourth-order valence-corrected chi connectivity index (χ4v) is 5.85. The predicted octanol–water partition coefficient (Wildman–Crippen LogP) is 2.89. The zero-order valence-corrected chi connectivity index (χ0v) is 15.1. The molecule has 3 fully saturated rings. The van der Waals surface area contributed by atoms with Crippen molar-refractivity contribution in [1.29, 1.82) is 0 Å². The summed E-state index contributed by atoms with van der Waals surface area (Å²) in [5, 5.41) is 0. The molecule has 130 valence electrons. The van der Waals surface area contributed by atoms with E-state index in [1.807, 2.05) is 26.8 Å². The number of fused-ring (bicyclic) bond motifs is 1. The average molecular weight is 330 g/mol. The minimum atomic E-state index is -1.06. The Morgan fingerprint density at radius 3 is 2.46 bits per heavy atom. The van der Waals surface area contributed by atoms with E-state index in [0.717, 1.165) is 6.42 Å². The molecule has 1 saturated heterocycles. The summed E-state index contributed by atoms with van der Waals surface area (Å²) in [5.74, 6) is -0.196. The summed E-state index contributed by atoms with van der Waals surface area (Å²) >= 11 is 0. The van der Waals surface area contributed by atoms with Crippen LogP contribution >= 0.6 is 0 Å². The number of carbonyl (C=O) groups excluding carboxylic acids is 3. The lowest BCUT2D eigenvalue weighted by Gasteiger charge is -2.36. The second-order valence-electron chi connectivity index (χ2n) is 9.32. The van der Waals surface area contributed by atoms with Gasteiger partial charge >= 0.3 is 0 Å². The SMILES string of the molecule is C/C1=C/[C@]23O[C@H]2[C@@H](C)C[C@@H]3C(=O)[C@@]2(C)C(=O)CC(C)(C)[C@H]2CC1=O. The van der Waals surface area contributed by atoms with Gasteiger partial charge in [0.25, 0.3) is 0 Å². The standard InChI is InChI=1S/C20H26O4/c1-10-6-12-16(23)19(5)14(18(3,4)9-15(19)22)7-13(21)11(2)8-20(12)17(10)24-20/h8,10,12,14,17H,6-7,9H2,1-5H3/b11-8-/t10-,12+,14+,17-,19+,20+/m0/s1. The highest BCUT2D eigenvalue weighted by molar-refractivity contribution is 6.11. The van der Waals surface area contributed by atoms with Crippen molar-refractivity contribution in [1.82, 2.24) is 0 Å². The van der Waals surface area contributed by atoms with E-state index in [-0.39, 0.29) is 53.0 Å². The lowest BCUT2D eigenvalue weighted by atomic mass is 9.64. The van der Waals surface area contributed by atoms with Gasteiger partial charge in [0, 0.05) is 12.8 Å². The van der Waals surface area contributed by atoms with E-state index >= 15 is 0 Å². The lowest BCUT2D eigenvalue weighted by Crippen LogP contribution is -2.46.